The largest absolute Gasteiger partial charge is 0.481 e. The predicted molar refractivity (Wildman–Crippen MR) is 67.5 cm³/mol. The summed E-state index contributed by atoms with van der Waals surface area (Å²) in [6.07, 6.45) is -0.170. The van der Waals surface area contributed by atoms with E-state index in [1.54, 1.807) is 25.1 Å². The van der Waals surface area contributed by atoms with Crippen molar-refractivity contribution in [2.75, 3.05) is 0 Å². The van der Waals surface area contributed by atoms with Gasteiger partial charge < -0.3 is 5.11 Å². The third-order valence-corrected chi connectivity index (χ3v) is 2.98. The van der Waals surface area contributed by atoms with E-state index >= 15 is 0 Å². The molecule has 1 aromatic carbocycles. The molecule has 94 valence electrons. The maximum Gasteiger partial charge on any atom is 0.309 e. The lowest BCUT2D eigenvalue weighted by Gasteiger charge is -2.06. The Balaban J connectivity index is 2.45. The van der Waals surface area contributed by atoms with Gasteiger partial charge in [-0.05, 0) is 25.1 Å². The van der Waals surface area contributed by atoms with Crippen molar-refractivity contribution in [2.24, 2.45) is 0 Å². The Morgan fingerprint density at radius 2 is 2.17 bits per heavy atom. The summed E-state index contributed by atoms with van der Waals surface area (Å²) in [4.78, 5) is 10.7. The van der Waals surface area contributed by atoms with Crippen molar-refractivity contribution in [3.05, 3.63) is 39.6 Å². The Morgan fingerprint density at radius 1 is 1.44 bits per heavy atom. The first-order valence-corrected chi connectivity index (χ1v) is 5.83. The van der Waals surface area contributed by atoms with Gasteiger partial charge in [-0.25, -0.2) is 4.68 Å². The van der Waals surface area contributed by atoms with Gasteiger partial charge in [-0.1, -0.05) is 28.4 Å². The highest BCUT2D eigenvalue weighted by atomic mass is 35.5. The van der Waals surface area contributed by atoms with Crippen LogP contribution in [0.1, 0.15) is 11.4 Å². The Labute approximate surface area is 113 Å². The minimum absolute atomic E-state index is 0.170. The summed E-state index contributed by atoms with van der Waals surface area (Å²) >= 11 is 11.9. The number of aliphatic carboxylic acids is 1. The molecule has 1 N–H and O–H groups in total. The summed E-state index contributed by atoms with van der Waals surface area (Å²) in [6.45, 7) is 1.74. The summed E-state index contributed by atoms with van der Waals surface area (Å²) in [6, 6.07) is 4.98. The van der Waals surface area contributed by atoms with Crippen molar-refractivity contribution in [3.63, 3.8) is 0 Å². The van der Waals surface area contributed by atoms with Crippen LogP contribution in [-0.4, -0.2) is 26.1 Å². The van der Waals surface area contributed by atoms with Crippen molar-refractivity contribution in [1.29, 1.82) is 0 Å². The molecule has 0 unspecified atom stereocenters. The number of nitrogens with zero attached hydrogens (tertiary/aromatic N) is 3. The zero-order valence-corrected chi connectivity index (χ0v) is 10.9. The Morgan fingerprint density at radius 3 is 2.78 bits per heavy atom. The maximum atomic E-state index is 10.7. The zero-order chi connectivity index (χ0) is 13.3. The number of carbonyl (C=O) groups is 1. The van der Waals surface area contributed by atoms with Crippen molar-refractivity contribution in [2.45, 2.75) is 13.3 Å². The van der Waals surface area contributed by atoms with Gasteiger partial charge in [0, 0.05) is 5.02 Å². The molecule has 5 nitrogen and oxygen atoms in total. The Kier molecular flexibility index (Phi) is 3.54. The molecule has 2 aromatic rings. The molecule has 2 rings (SSSR count). The normalized spacial score (nSPS) is 10.6. The van der Waals surface area contributed by atoms with Crippen molar-refractivity contribution >= 4 is 29.2 Å². The van der Waals surface area contributed by atoms with Gasteiger partial charge in [0.2, 0.25) is 0 Å². The third-order valence-electron chi connectivity index (χ3n) is 2.45. The van der Waals surface area contributed by atoms with Crippen LogP contribution in [0.15, 0.2) is 18.2 Å². The van der Waals surface area contributed by atoms with Crippen LogP contribution in [0, 0.1) is 6.92 Å². The molecule has 0 spiro atoms. The smallest absolute Gasteiger partial charge is 0.309 e. The molecule has 1 aromatic heterocycles. The monoisotopic (exact) mass is 285 g/mol. The standard InChI is InChI=1S/C11H9Cl2N3O2/c1-6-9(5-11(17)18)14-15-16(6)10-3-2-7(12)4-8(10)13/h2-4H,5H2,1H3,(H,17,18). The van der Waals surface area contributed by atoms with E-state index < -0.39 is 5.97 Å². The molecule has 18 heavy (non-hydrogen) atoms. The van der Waals surface area contributed by atoms with Gasteiger partial charge in [0.05, 0.1) is 28.5 Å². The lowest BCUT2D eigenvalue weighted by atomic mass is 10.2. The molecule has 0 saturated heterocycles. The van der Waals surface area contributed by atoms with Crippen LogP contribution < -0.4 is 0 Å². The number of hydrogen-bond donors (Lipinski definition) is 1. The van der Waals surface area contributed by atoms with Gasteiger partial charge in [0.15, 0.2) is 0 Å². The van der Waals surface area contributed by atoms with Crippen LogP contribution in [0.5, 0.6) is 0 Å². The Bertz CT molecular complexity index is 610. The maximum absolute atomic E-state index is 10.7. The third kappa shape index (κ3) is 2.47. The fourth-order valence-corrected chi connectivity index (χ4v) is 2.04. The molecular formula is C11H9Cl2N3O2. The van der Waals surface area contributed by atoms with Crippen molar-refractivity contribution < 1.29 is 9.90 Å². The van der Waals surface area contributed by atoms with Crippen molar-refractivity contribution in [3.8, 4) is 5.69 Å². The molecule has 0 radical (unpaired) electrons. The SMILES string of the molecule is Cc1c(CC(=O)O)nnn1-c1ccc(Cl)cc1Cl. The zero-order valence-electron chi connectivity index (χ0n) is 9.39. The van der Waals surface area contributed by atoms with E-state index in [4.69, 9.17) is 28.3 Å². The highest BCUT2D eigenvalue weighted by Crippen LogP contribution is 2.25. The number of halogens is 2. The molecule has 0 aliphatic rings. The lowest BCUT2D eigenvalue weighted by Crippen LogP contribution is -2.04. The molecule has 1 heterocycles. The van der Waals surface area contributed by atoms with E-state index in [9.17, 15) is 4.79 Å². The van der Waals surface area contributed by atoms with E-state index in [0.29, 0.717) is 27.1 Å². The molecule has 0 bridgehead atoms. The molecule has 7 heteroatoms. The molecular weight excluding hydrogens is 277 g/mol. The van der Waals surface area contributed by atoms with Crippen LogP contribution in [-0.2, 0) is 11.2 Å². The first-order valence-electron chi connectivity index (χ1n) is 5.07. The van der Waals surface area contributed by atoms with Gasteiger partial charge in [0.25, 0.3) is 0 Å². The first-order chi connectivity index (χ1) is 8.49. The van der Waals surface area contributed by atoms with E-state index in [1.807, 2.05) is 0 Å². The summed E-state index contributed by atoms with van der Waals surface area (Å²) in [5.41, 5.74) is 1.66. The first kappa shape index (κ1) is 12.9. The molecule has 0 saturated carbocycles. The van der Waals surface area contributed by atoms with Gasteiger partial charge >= 0.3 is 5.97 Å². The highest BCUT2D eigenvalue weighted by Gasteiger charge is 2.14. The molecule has 0 atom stereocenters. The van der Waals surface area contributed by atoms with E-state index in [-0.39, 0.29) is 6.42 Å². The van der Waals surface area contributed by atoms with Crippen molar-refractivity contribution in [1.82, 2.24) is 15.0 Å². The summed E-state index contributed by atoms with van der Waals surface area (Å²) in [7, 11) is 0. The topological polar surface area (TPSA) is 68.0 Å². The number of carboxylic acids is 1. The van der Waals surface area contributed by atoms with E-state index in [2.05, 4.69) is 10.3 Å². The minimum atomic E-state index is -0.952. The summed E-state index contributed by atoms with van der Waals surface area (Å²) < 4.78 is 1.50. The van der Waals surface area contributed by atoms with Crippen LogP contribution in [0.2, 0.25) is 10.0 Å². The number of hydrogen-bond acceptors (Lipinski definition) is 3. The van der Waals surface area contributed by atoms with Crippen LogP contribution in [0.25, 0.3) is 5.69 Å². The van der Waals surface area contributed by atoms with Gasteiger partial charge in [0.1, 0.15) is 0 Å². The Hall–Kier alpha value is -1.59. The van der Waals surface area contributed by atoms with E-state index in [0.717, 1.165) is 0 Å². The lowest BCUT2D eigenvalue weighted by molar-refractivity contribution is -0.136. The van der Waals surface area contributed by atoms with E-state index in [1.165, 1.54) is 4.68 Å². The molecule has 0 fully saturated rings. The number of rotatable bonds is 3. The second kappa shape index (κ2) is 4.96. The van der Waals surface area contributed by atoms with Gasteiger partial charge in [-0.2, -0.15) is 0 Å². The average Bonchev–Trinajstić information content (AvgIpc) is 2.60. The molecule has 0 aliphatic heterocycles. The predicted octanol–water partition coefficient (Wildman–Crippen LogP) is 2.51. The summed E-state index contributed by atoms with van der Waals surface area (Å²) in [5.74, 6) is -0.952. The molecule has 0 amide bonds. The average molecular weight is 286 g/mol. The highest BCUT2D eigenvalue weighted by molar-refractivity contribution is 6.35. The van der Waals surface area contributed by atoms with Crippen LogP contribution in [0.4, 0.5) is 0 Å². The fraction of sp³-hybridized carbons (Fsp3) is 0.182. The summed E-state index contributed by atoms with van der Waals surface area (Å²) in [5, 5.41) is 17.4. The quantitative estimate of drug-likeness (QED) is 0.941. The second-order valence-corrected chi connectivity index (χ2v) is 4.54. The fourth-order valence-electron chi connectivity index (χ4n) is 1.55. The second-order valence-electron chi connectivity index (χ2n) is 3.70. The van der Waals surface area contributed by atoms with Gasteiger partial charge in [-0.15, -0.1) is 5.10 Å². The van der Waals surface area contributed by atoms with Crippen LogP contribution in [0.3, 0.4) is 0 Å². The number of aromatic nitrogens is 3. The molecule has 0 aliphatic carbocycles. The number of carboxylic acid groups (broad SMARTS) is 1. The van der Waals surface area contributed by atoms with Crippen LogP contribution >= 0.6 is 23.2 Å². The number of benzene rings is 1. The van der Waals surface area contributed by atoms with Gasteiger partial charge in [-0.3, -0.25) is 4.79 Å². The minimum Gasteiger partial charge on any atom is -0.481 e.